The molecule has 0 aromatic heterocycles. The van der Waals surface area contributed by atoms with Crippen LogP contribution < -0.4 is 5.32 Å². The van der Waals surface area contributed by atoms with E-state index in [9.17, 15) is 9.59 Å². The molecule has 1 amide bonds. The summed E-state index contributed by atoms with van der Waals surface area (Å²) in [5.74, 6) is -1.46. The van der Waals surface area contributed by atoms with Gasteiger partial charge in [0, 0.05) is 12.5 Å². The van der Waals surface area contributed by atoms with Crippen LogP contribution in [0.1, 0.15) is 41.0 Å². The first-order valence-electron chi connectivity index (χ1n) is 9.95. The second kappa shape index (κ2) is 8.41. The monoisotopic (exact) mass is 401 g/mol. The van der Waals surface area contributed by atoms with Crippen molar-refractivity contribution >= 4 is 12.1 Å². The minimum atomic E-state index is -0.878. The first-order valence-corrected chi connectivity index (χ1v) is 9.95. The first kappa shape index (κ1) is 19.7. The fourth-order valence-electron chi connectivity index (χ4n) is 3.94. The van der Waals surface area contributed by atoms with E-state index in [1.54, 1.807) is 25.1 Å². The molecule has 0 radical (unpaired) electrons. The molecule has 0 fully saturated rings. The molecule has 5 heteroatoms. The Morgan fingerprint density at radius 3 is 2.23 bits per heavy atom. The first-order chi connectivity index (χ1) is 14.5. The Hall–Kier alpha value is -3.60. The maximum absolute atomic E-state index is 12.3. The van der Waals surface area contributed by atoms with Gasteiger partial charge in [-0.1, -0.05) is 72.8 Å². The summed E-state index contributed by atoms with van der Waals surface area (Å²) in [6, 6.07) is 23.6. The van der Waals surface area contributed by atoms with Gasteiger partial charge in [0.1, 0.15) is 6.61 Å². The van der Waals surface area contributed by atoms with Gasteiger partial charge in [-0.05, 0) is 40.3 Å². The molecule has 3 aromatic rings. The van der Waals surface area contributed by atoms with Crippen LogP contribution in [-0.2, 0) is 16.1 Å². The Morgan fingerprint density at radius 2 is 1.60 bits per heavy atom. The predicted molar refractivity (Wildman–Crippen MR) is 114 cm³/mol. The van der Waals surface area contributed by atoms with Crippen LogP contribution in [0, 0.1) is 0 Å². The second-order valence-electron chi connectivity index (χ2n) is 7.48. The fraction of sp³-hybridized carbons (Fsp3) is 0.200. The van der Waals surface area contributed by atoms with Crippen LogP contribution in [0.25, 0.3) is 11.1 Å². The van der Waals surface area contributed by atoms with E-state index >= 15 is 0 Å². The average molecular weight is 401 g/mol. The Morgan fingerprint density at radius 1 is 0.967 bits per heavy atom. The number of carbonyl (C=O) groups excluding carboxylic acids is 1. The summed E-state index contributed by atoms with van der Waals surface area (Å²) >= 11 is 0. The van der Waals surface area contributed by atoms with Gasteiger partial charge in [-0.15, -0.1) is 0 Å². The third-order valence-electron chi connectivity index (χ3n) is 5.60. The number of aliphatic carboxylic acids is 1. The molecular weight excluding hydrogens is 378 g/mol. The molecule has 0 saturated heterocycles. The maximum Gasteiger partial charge on any atom is 0.407 e. The molecule has 1 aliphatic carbocycles. The van der Waals surface area contributed by atoms with Crippen molar-refractivity contribution in [2.75, 3.05) is 6.61 Å². The maximum atomic E-state index is 12.3. The minimum Gasteiger partial charge on any atom is -0.481 e. The van der Waals surface area contributed by atoms with Crippen LogP contribution in [0.2, 0.25) is 0 Å². The normalized spacial score (nSPS) is 13.2. The molecule has 152 valence electrons. The minimum absolute atomic E-state index is 0.0166. The summed E-state index contributed by atoms with van der Waals surface area (Å²) in [6.45, 7) is 2.17. The quantitative estimate of drug-likeness (QED) is 0.615. The number of fused-ring (bicyclic) bond motifs is 3. The van der Waals surface area contributed by atoms with Gasteiger partial charge >= 0.3 is 12.1 Å². The zero-order valence-corrected chi connectivity index (χ0v) is 16.7. The number of hydrogen-bond donors (Lipinski definition) is 2. The Labute approximate surface area is 175 Å². The van der Waals surface area contributed by atoms with Crippen molar-refractivity contribution in [2.45, 2.75) is 25.3 Å². The highest BCUT2D eigenvalue weighted by molar-refractivity contribution is 5.79. The molecule has 0 aliphatic heterocycles. The third kappa shape index (κ3) is 3.92. The van der Waals surface area contributed by atoms with Crippen molar-refractivity contribution in [3.8, 4) is 11.1 Å². The Balaban J connectivity index is 1.38. The number of ether oxygens (including phenoxy) is 1. The Bertz CT molecular complexity index is 1050. The number of rotatable bonds is 6. The fourth-order valence-corrected chi connectivity index (χ4v) is 3.94. The van der Waals surface area contributed by atoms with Crippen molar-refractivity contribution in [3.05, 3.63) is 95.1 Å². The molecule has 0 spiro atoms. The van der Waals surface area contributed by atoms with Crippen molar-refractivity contribution in [2.24, 2.45) is 0 Å². The van der Waals surface area contributed by atoms with Gasteiger partial charge in [-0.3, -0.25) is 4.79 Å². The topological polar surface area (TPSA) is 75.6 Å². The van der Waals surface area contributed by atoms with Crippen LogP contribution in [0.4, 0.5) is 4.79 Å². The second-order valence-corrected chi connectivity index (χ2v) is 7.48. The molecule has 2 N–H and O–H groups in total. The SMILES string of the molecule is CC(C(=O)O)c1cccc(CNC(=O)OCC2c3ccccc3-c3ccccc32)c1. The summed E-state index contributed by atoms with van der Waals surface area (Å²) in [5, 5.41) is 11.9. The van der Waals surface area contributed by atoms with E-state index in [0.717, 1.165) is 5.56 Å². The molecule has 5 nitrogen and oxygen atoms in total. The van der Waals surface area contributed by atoms with Crippen LogP contribution in [0.15, 0.2) is 72.8 Å². The number of carboxylic acid groups (broad SMARTS) is 1. The van der Waals surface area contributed by atoms with Crippen LogP contribution in [0.5, 0.6) is 0 Å². The summed E-state index contributed by atoms with van der Waals surface area (Å²) in [4.78, 5) is 23.5. The van der Waals surface area contributed by atoms with Gasteiger partial charge in [-0.25, -0.2) is 4.79 Å². The molecule has 4 rings (SSSR count). The lowest BCUT2D eigenvalue weighted by molar-refractivity contribution is -0.138. The highest BCUT2D eigenvalue weighted by Crippen LogP contribution is 2.44. The van der Waals surface area contributed by atoms with Crippen LogP contribution in [0.3, 0.4) is 0 Å². The zero-order chi connectivity index (χ0) is 21.1. The summed E-state index contributed by atoms with van der Waals surface area (Å²) < 4.78 is 5.53. The molecule has 0 heterocycles. The smallest absolute Gasteiger partial charge is 0.407 e. The number of carboxylic acids is 1. The number of nitrogens with one attached hydrogen (secondary N) is 1. The lowest BCUT2D eigenvalue weighted by atomic mass is 9.98. The van der Waals surface area contributed by atoms with Gasteiger partial charge in [0.05, 0.1) is 5.92 Å². The van der Waals surface area contributed by atoms with Crippen molar-refractivity contribution in [1.82, 2.24) is 5.32 Å². The summed E-state index contributed by atoms with van der Waals surface area (Å²) in [7, 11) is 0. The number of amides is 1. The molecule has 1 atom stereocenters. The van der Waals surface area contributed by atoms with Crippen molar-refractivity contribution < 1.29 is 19.4 Å². The molecule has 3 aromatic carbocycles. The van der Waals surface area contributed by atoms with E-state index in [1.165, 1.54) is 22.3 Å². The van der Waals surface area contributed by atoms with Crippen LogP contribution in [-0.4, -0.2) is 23.8 Å². The highest BCUT2D eigenvalue weighted by atomic mass is 16.5. The molecular formula is C25H23NO4. The molecule has 1 unspecified atom stereocenters. The van der Waals surface area contributed by atoms with Gasteiger partial charge in [0.15, 0.2) is 0 Å². The van der Waals surface area contributed by atoms with Crippen LogP contribution >= 0.6 is 0 Å². The lowest BCUT2D eigenvalue weighted by Gasteiger charge is -2.15. The van der Waals surface area contributed by atoms with E-state index in [0.29, 0.717) is 5.56 Å². The van der Waals surface area contributed by atoms with Crippen molar-refractivity contribution in [3.63, 3.8) is 0 Å². The largest absolute Gasteiger partial charge is 0.481 e. The standard InChI is InChI=1S/C25H23NO4/c1-16(24(27)28)18-8-6-7-17(13-18)14-26-25(29)30-15-23-21-11-4-2-9-19(21)20-10-3-5-12-22(20)23/h2-13,16,23H,14-15H2,1H3,(H,26,29)(H,27,28). The van der Waals surface area contributed by atoms with Gasteiger partial charge < -0.3 is 15.2 Å². The lowest BCUT2D eigenvalue weighted by Crippen LogP contribution is -2.25. The number of carbonyl (C=O) groups is 2. The van der Waals surface area contributed by atoms with E-state index in [2.05, 4.69) is 29.6 Å². The average Bonchev–Trinajstić information content (AvgIpc) is 3.09. The van der Waals surface area contributed by atoms with Gasteiger partial charge in [0.25, 0.3) is 0 Å². The van der Waals surface area contributed by atoms with Gasteiger partial charge in [0.2, 0.25) is 0 Å². The van der Waals surface area contributed by atoms with Crippen molar-refractivity contribution in [1.29, 1.82) is 0 Å². The summed E-state index contributed by atoms with van der Waals surface area (Å²) in [6.07, 6.45) is -0.492. The molecule has 30 heavy (non-hydrogen) atoms. The predicted octanol–water partition coefficient (Wildman–Crippen LogP) is 4.91. The van der Waals surface area contributed by atoms with Gasteiger partial charge in [-0.2, -0.15) is 0 Å². The molecule has 0 saturated carbocycles. The third-order valence-corrected chi connectivity index (χ3v) is 5.60. The summed E-state index contributed by atoms with van der Waals surface area (Å²) in [5.41, 5.74) is 6.24. The van der Waals surface area contributed by atoms with E-state index < -0.39 is 18.0 Å². The van der Waals surface area contributed by atoms with E-state index in [-0.39, 0.29) is 19.1 Å². The number of benzene rings is 3. The Kier molecular flexibility index (Phi) is 5.53. The number of hydrogen-bond acceptors (Lipinski definition) is 3. The molecule has 0 bridgehead atoms. The van der Waals surface area contributed by atoms with E-state index in [4.69, 9.17) is 9.84 Å². The zero-order valence-electron chi connectivity index (χ0n) is 16.7. The highest BCUT2D eigenvalue weighted by Gasteiger charge is 2.28. The number of alkyl carbamates (subject to hydrolysis) is 1. The van der Waals surface area contributed by atoms with E-state index in [1.807, 2.05) is 30.3 Å². The molecule has 1 aliphatic rings.